The highest BCUT2D eigenvalue weighted by Crippen LogP contribution is 2.24. The van der Waals surface area contributed by atoms with Gasteiger partial charge in [0.1, 0.15) is 5.82 Å². The molecule has 100 valence electrons. The van der Waals surface area contributed by atoms with Gasteiger partial charge in [-0.05, 0) is 12.8 Å². The van der Waals surface area contributed by atoms with Crippen LogP contribution in [0.2, 0.25) is 0 Å². The number of rotatable bonds is 1. The summed E-state index contributed by atoms with van der Waals surface area (Å²) in [6.45, 7) is 8.56. The van der Waals surface area contributed by atoms with Gasteiger partial charge in [-0.15, -0.1) is 0 Å². The van der Waals surface area contributed by atoms with E-state index in [1.54, 1.807) is 0 Å². The summed E-state index contributed by atoms with van der Waals surface area (Å²) < 4.78 is 0. The SMILES string of the molecule is CC(C)(C)c1cc(N)nc(N2CCCCCC2)n1. The number of anilines is 2. The van der Waals surface area contributed by atoms with Crippen molar-refractivity contribution in [1.82, 2.24) is 9.97 Å². The number of aromatic nitrogens is 2. The Morgan fingerprint density at radius 1 is 1.06 bits per heavy atom. The highest BCUT2D eigenvalue weighted by atomic mass is 15.3. The summed E-state index contributed by atoms with van der Waals surface area (Å²) in [5.74, 6) is 1.39. The van der Waals surface area contributed by atoms with Gasteiger partial charge in [-0.1, -0.05) is 33.6 Å². The lowest BCUT2D eigenvalue weighted by Gasteiger charge is -2.24. The van der Waals surface area contributed by atoms with Gasteiger partial charge in [-0.25, -0.2) is 4.98 Å². The number of nitrogen functional groups attached to an aromatic ring is 1. The van der Waals surface area contributed by atoms with Crippen LogP contribution in [0.5, 0.6) is 0 Å². The molecule has 0 spiro atoms. The van der Waals surface area contributed by atoms with Crippen molar-refractivity contribution in [2.75, 3.05) is 23.7 Å². The van der Waals surface area contributed by atoms with Gasteiger partial charge in [-0.3, -0.25) is 0 Å². The number of hydrogen-bond acceptors (Lipinski definition) is 4. The van der Waals surface area contributed by atoms with Crippen LogP contribution in [0.4, 0.5) is 11.8 Å². The Morgan fingerprint density at radius 3 is 2.22 bits per heavy atom. The Kier molecular flexibility index (Phi) is 3.73. The van der Waals surface area contributed by atoms with Crippen LogP contribution in [0.3, 0.4) is 0 Å². The van der Waals surface area contributed by atoms with Crippen LogP contribution in [-0.4, -0.2) is 23.1 Å². The molecule has 4 nitrogen and oxygen atoms in total. The first kappa shape index (κ1) is 13.1. The third kappa shape index (κ3) is 3.12. The lowest BCUT2D eigenvalue weighted by molar-refractivity contribution is 0.565. The zero-order valence-corrected chi connectivity index (χ0v) is 11.7. The third-order valence-electron chi connectivity index (χ3n) is 3.39. The smallest absolute Gasteiger partial charge is 0.227 e. The molecule has 0 saturated carbocycles. The lowest BCUT2D eigenvalue weighted by atomic mass is 9.92. The largest absolute Gasteiger partial charge is 0.384 e. The summed E-state index contributed by atoms with van der Waals surface area (Å²) in [6, 6.07) is 1.89. The summed E-state index contributed by atoms with van der Waals surface area (Å²) >= 11 is 0. The number of hydrogen-bond donors (Lipinski definition) is 1. The molecule has 0 aliphatic carbocycles. The summed E-state index contributed by atoms with van der Waals surface area (Å²) in [4.78, 5) is 11.4. The molecule has 1 aliphatic rings. The maximum atomic E-state index is 5.92. The molecule has 0 radical (unpaired) electrons. The Labute approximate surface area is 110 Å². The van der Waals surface area contributed by atoms with Crippen LogP contribution in [0, 0.1) is 0 Å². The van der Waals surface area contributed by atoms with Crippen LogP contribution in [-0.2, 0) is 5.41 Å². The second-order valence-corrected chi connectivity index (χ2v) is 6.13. The minimum absolute atomic E-state index is 0.0116. The predicted molar refractivity (Wildman–Crippen MR) is 75.8 cm³/mol. The Balaban J connectivity index is 2.29. The molecule has 0 aromatic carbocycles. The van der Waals surface area contributed by atoms with Gasteiger partial charge in [0.05, 0.1) is 5.69 Å². The monoisotopic (exact) mass is 248 g/mol. The van der Waals surface area contributed by atoms with Crippen molar-refractivity contribution >= 4 is 11.8 Å². The molecule has 4 heteroatoms. The molecule has 1 fully saturated rings. The predicted octanol–water partition coefficient (Wildman–Crippen LogP) is 2.74. The molecule has 2 N–H and O–H groups in total. The minimum atomic E-state index is 0.0116. The van der Waals surface area contributed by atoms with Crippen molar-refractivity contribution in [3.8, 4) is 0 Å². The lowest BCUT2D eigenvalue weighted by Crippen LogP contribution is -2.28. The van der Waals surface area contributed by atoms with Gasteiger partial charge < -0.3 is 10.6 Å². The fourth-order valence-electron chi connectivity index (χ4n) is 2.25. The molecule has 1 saturated heterocycles. The molecule has 1 aliphatic heterocycles. The van der Waals surface area contributed by atoms with E-state index >= 15 is 0 Å². The van der Waals surface area contributed by atoms with E-state index in [-0.39, 0.29) is 5.41 Å². The molecular weight excluding hydrogens is 224 g/mol. The fraction of sp³-hybridized carbons (Fsp3) is 0.714. The topological polar surface area (TPSA) is 55.0 Å². The van der Waals surface area contributed by atoms with Crippen LogP contribution < -0.4 is 10.6 Å². The zero-order valence-electron chi connectivity index (χ0n) is 11.7. The number of nitrogens with two attached hydrogens (primary N) is 1. The first-order valence-electron chi connectivity index (χ1n) is 6.87. The van der Waals surface area contributed by atoms with Gasteiger partial charge in [0.25, 0.3) is 0 Å². The normalized spacial score (nSPS) is 17.6. The maximum Gasteiger partial charge on any atom is 0.227 e. The Bertz CT molecular complexity index is 401. The second kappa shape index (κ2) is 5.12. The van der Waals surface area contributed by atoms with Gasteiger partial charge in [0.15, 0.2) is 0 Å². The molecule has 2 rings (SSSR count). The van der Waals surface area contributed by atoms with Gasteiger partial charge >= 0.3 is 0 Å². The quantitative estimate of drug-likeness (QED) is 0.830. The summed E-state index contributed by atoms with van der Waals surface area (Å²) in [6.07, 6.45) is 5.07. The van der Waals surface area contributed by atoms with Crippen LogP contribution >= 0.6 is 0 Å². The van der Waals surface area contributed by atoms with Crippen LogP contribution in [0.1, 0.15) is 52.1 Å². The molecule has 0 bridgehead atoms. The van der Waals surface area contributed by atoms with Crippen molar-refractivity contribution in [2.24, 2.45) is 0 Å². The van der Waals surface area contributed by atoms with Crippen molar-refractivity contribution in [2.45, 2.75) is 51.9 Å². The summed E-state index contributed by atoms with van der Waals surface area (Å²) in [5.41, 5.74) is 6.96. The van der Waals surface area contributed by atoms with Crippen molar-refractivity contribution in [1.29, 1.82) is 0 Å². The Hall–Kier alpha value is -1.32. The van der Waals surface area contributed by atoms with E-state index in [9.17, 15) is 0 Å². The summed E-state index contributed by atoms with van der Waals surface area (Å²) in [7, 11) is 0. The van der Waals surface area contributed by atoms with Gasteiger partial charge in [0.2, 0.25) is 5.95 Å². The van der Waals surface area contributed by atoms with Crippen molar-refractivity contribution in [3.63, 3.8) is 0 Å². The first-order valence-corrected chi connectivity index (χ1v) is 6.87. The number of nitrogens with zero attached hydrogens (tertiary/aromatic N) is 3. The molecule has 2 heterocycles. The highest BCUT2D eigenvalue weighted by molar-refractivity contribution is 5.42. The van der Waals surface area contributed by atoms with E-state index in [0.717, 1.165) is 24.7 Å². The average molecular weight is 248 g/mol. The molecular formula is C14H24N4. The van der Waals surface area contributed by atoms with E-state index < -0.39 is 0 Å². The van der Waals surface area contributed by atoms with E-state index in [1.807, 2.05) is 6.07 Å². The maximum absolute atomic E-state index is 5.92. The molecule has 0 unspecified atom stereocenters. The van der Waals surface area contributed by atoms with Gasteiger partial charge in [0, 0.05) is 24.6 Å². The van der Waals surface area contributed by atoms with Crippen molar-refractivity contribution < 1.29 is 0 Å². The molecule has 0 amide bonds. The van der Waals surface area contributed by atoms with Crippen molar-refractivity contribution in [3.05, 3.63) is 11.8 Å². The highest BCUT2D eigenvalue weighted by Gasteiger charge is 2.20. The Morgan fingerprint density at radius 2 is 1.67 bits per heavy atom. The molecule has 0 atom stereocenters. The molecule has 1 aromatic rings. The first-order chi connectivity index (χ1) is 8.47. The minimum Gasteiger partial charge on any atom is -0.384 e. The van der Waals surface area contributed by atoms with E-state index in [0.29, 0.717) is 5.82 Å². The summed E-state index contributed by atoms with van der Waals surface area (Å²) in [5, 5.41) is 0. The van der Waals surface area contributed by atoms with E-state index in [1.165, 1.54) is 25.7 Å². The van der Waals surface area contributed by atoms with Crippen LogP contribution in [0.15, 0.2) is 6.07 Å². The molecule has 1 aromatic heterocycles. The van der Waals surface area contributed by atoms with Gasteiger partial charge in [-0.2, -0.15) is 4.98 Å². The van der Waals surface area contributed by atoms with Crippen LogP contribution in [0.25, 0.3) is 0 Å². The van der Waals surface area contributed by atoms with E-state index in [4.69, 9.17) is 10.7 Å². The molecule has 18 heavy (non-hydrogen) atoms. The standard InChI is InChI=1S/C14H24N4/c1-14(2,3)11-10-12(15)17-13(16-11)18-8-6-4-5-7-9-18/h10H,4-9H2,1-3H3,(H2,15,16,17). The third-order valence-corrected chi connectivity index (χ3v) is 3.39. The van der Waals surface area contributed by atoms with E-state index in [2.05, 4.69) is 30.7 Å². The zero-order chi connectivity index (χ0) is 13.2. The average Bonchev–Trinajstić information content (AvgIpc) is 2.55. The second-order valence-electron chi connectivity index (χ2n) is 6.13. The fourth-order valence-corrected chi connectivity index (χ4v) is 2.25.